The minimum Gasteiger partial charge on any atom is -0.270 e. The molecule has 0 aliphatic heterocycles. The number of nitrogens with two attached hydrogens (primary N) is 1. The Morgan fingerprint density at radius 1 is 1.57 bits per heavy atom. The Bertz CT molecular complexity index is 394. The fourth-order valence-corrected chi connectivity index (χ4v) is 1.48. The molecular formula is C5H8N8S. The zero-order valence-corrected chi connectivity index (χ0v) is 8.14. The van der Waals surface area contributed by atoms with Crippen molar-refractivity contribution in [3.8, 4) is 0 Å². The van der Waals surface area contributed by atoms with Crippen molar-refractivity contribution in [1.29, 1.82) is 0 Å². The summed E-state index contributed by atoms with van der Waals surface area (Å²) in [6.07, 6.45) is 0. The van der Waals surface area contributed by atoms with Gasteiger partial charge in [-0.1, -0.05) is 4.49 Å². The van der Waals surface area contributed by atoms with Gasteiger partial charge in [-0.25, -0.2) is 5.43 Å². The largest absolute Gasteiger partial charge is 0.270 e. The summed E-state index contributed by atoms with van der Waals surface area (Å²) in [7, 11) is 1.68. The first kappa shape index (κ1) is 9.12. The number of hydrogen-bond donors (Lipinski definition) is 2. The Kier molecular flexibility index (Phi) is 2.43. The molecule has 1 unspecified atom stereocenters. The van der Waals surface area contributed by atoms with Crippen molar-refractivity contribution in [2.45, 2.75) is 6.04 Å². The van der Waals surface area contributed by atoms with Crippen LogP contribution in [0.1, 0.15) is 17.6 Å². The fourth-order valence-electron chi connectivity index (χ4n) is 1.00. The second-order valence-corrected chi connectivity index (χ2v) is 3.18. The molecule has 2 heterocycles. The number of nitrogens with zero attached hydrogens (tertiary/aromatic N) is 6. The monoisotopic (exact) mass is 212 g/mol. The summed E-state index contributed by atoms with van der Waals surface area (Å²) in [5, 5.41) is 17.2. The number of tetrazole rings is 1. The molecule has 0 spiro atoms. The first-order valence-electron chi connectivity index (χ1n) is 3.78. The molecule has 2 aromatic heterocycles. The molecule has 8 nitrogen and oxygen atoms in total. The Morgan fingerprint density at radius 2 is 2.43 bits per heavy atom. The second kappa shape index (κ2) is 3.74. The minimum absolute atomic E-state index is 0.359. The zero-order valence-electron chi connectivity index (χ0n) is 7.32. The smallest absolute Gasteiger partial charge is 0.199 e. The molecule has 2 aromatic rings. The predicted molar refractivity (Wildman–Crippen MR) is 47.9 cm³/mol. The lowest BCUT2D eigenvalue weighted by atomic mass is 10.2. The van der Waals surface area contributed by atoms with E-state index in [0.717, 1.165) is 0 Å². The molecule has 0 fully saturated rings. The van der Waals surface area contributed by atoms with Crippen molar-refractivity contribution < 1.29 is 0 Å². The van der Waals surface area contributed by atoms with Gasteiger partial charge in [0, 0.05) is 5.38 Å². The Morgan fingerprint density at radius 3 is 2.93 bits per heavy atom. The summed E-state index contributed by atoms with van der Waals surface area (Å²) in [4.78, 5) is 1.36. The molecule has 2 rings (SSSR count). The molecule has 74 valence electrons. The van der Waals surface area contributed by atoms with Gasteiger partial charge in [-0.05, 0) is 16.7 Å². The minimum atomic E-state index is -0.359. The molecule has 0 amide bonds. The maximum absolute atomic E-state index is 5.38. The predicted octanol–water partition coefficient (Wildman–Crippen LogP) is -1.39. The summed E-state index contributed by atoms with van der Waals surface area (Å²) < 4.78 is 3.74. The first-order valence-corrected chi connectivity index (χ1v) is 4.62. The molecule has 0 aliphatic carbocycles. The first-order chi connectivity index (χ1) is 6.81. The fraction of sp³-hybridized carbons (Fsp3) is 0.400. The van der Waals surface area contributed by atoms with Crippen LogP contribution in [0.3, 0.4) is 0 Å². The normalized spacial score (nSPS) is 13.0. The van der Waals surface area contributed by atoms with Crippen LogP contribution < -0.4 is 11.3 Å². The van der Waals surface area contributed by atoms with E-state index < -0.39 is 0 Å². The van der Waals surface area contributed by atoms with Crippen molar-refractivity contribution in [2.75, 3.05) is 0 Å². The van der Waals surface area contributed by atoms with Gasteiger partial charge in [0.15, 0.2) is 5.82 Å². The highest BCUT2D eigenvalue weighted by molar-refractivity contribution is 7.03. The molecular weight excluding hydrogens is 204 g/mol. The van der Waals surface area contributed by atoms with E-state index in [9.17, 15) is 0 Å². The number of hydrazine groups is 1. The zero-order chi connectivity index (χ0) is 9.97. The third-order valence-corrected chi connectivity index (χ3v) is 2.14. The van der Waals surface area contributed by atoms with Crippen molar-refractivity contribution in [1.82, 2.24) is 35.2 Å². The summed E-state index contributed by atoms with van der Waals surface area (Å²) in [5.41, 5.74) is 3.25. The average Bonchev–Trinajstić information content (AvgIpc) is 2.79. The molecule has 1 atom stereocenters. The Balaban J connectivity index is 2.31. The molecule has 14 heavy (non-hydrogen) atoms. The lowest BCUT2D eigenvalue weighted by Crippen LogP contribution is -2.30. The van der Waals surface area contributed by atoms with Gasteiger partial charge in [0.25, 0.3) is 0 Å². The van der Waals surface area contributed by atoms with Crippen molar-refractivity contribution in [3.05, 3.63) is 16.9 Å². The van der Waals surface area contributed by atoms with E-state index in [2.05, 4.69) is 30.4 Å². The molecule has 0 bridgehead atoms. The van der Waals surface area contributed by atoms with Gasteiger partial charge in [-0.2, -0.15) is 4.80 Å². The topological polar surface area (TPSA) is 107 Å². The summed E-state index contributed by atoms with van der Waals surface area (Å²) in [5.74, 6) is 5.85. The van der Waals surface area contributed by atoms with Crippen molar-refractivity contribution in [3.63, 3.8) is 0 Å². The van der Waals surface area contributed by atoms with Gasteiger partial charge in [0.05, 0.1) is 7.05 Å². The summed E-state index contributed by atoms with van der Waals surface area (Å²) >= 11 is 1.25. The number of nitrogens with one attached hydrogen (secondary N) is 1. The maximum Gasteiger partial charge on any atom is 0.199 e. The van der Waals surface area contributed by atoms with Crippen LogP contribution in [0.4, 0.5) is 0 Å². The highest BCUT2D eigenvalue weighted by atomic mass is 32.1. The van der Waals surface area contributed by atoms with Gasteiger partial charge in [0.2, 0.25) is 0 Å². The number of aryl methyl sites for hydroxylation is 1. The lowest BCUT2D eigenvalue weighted by Gasteiger charge is -2.06. The number of rotatable bonds is 3. The quantitative estimate of drug-likeness (QED) is 0.476. The van der Waals surface area contributed by atoms with Crippen LogP contribution in [0.5, 0.6) is 0 Å². The molecule has 0 aliphatic rings. The average molecular weight is 212 g/mol. The highest BCUT2D eigenvalue weighted by Gasteiger charge is 2.19. The molecule has 0 saturated carbocycles. The van der Waals surface area contributed by atoms with Crippen LogP contribution in [0.25, 0.3) is 0 Å². The van der Waals surface area contributed by atoms with E-state index in [1.807, 2.05) is 0 Å². The summed E-state index contributed by atoms with van der Waals surface area (Å²) in [6, 6.07) is -0.359. The van der Waals surface area contributed by atoms with Crippen LogP contribution in [-0.4, -0.2) is 29.8 Å². The lowest BCUT2D eigenvalue weighted by molar-refractivity contribution is 0.576. The van der Waals surface area contributed by atoms with E-state index in [1.165, 1.54) is 16.3 Å². The van der Waals surface area contributed by atoms with Crippen molar-refractivity contribution in [2.24, 2.45) is 12.9 Å². The van der Waals surface area contributed by atoms with Crippen LogP contribution in [0.2, 0.25) is 0 Å². The molecule has 0 radical (unpaired) electrons. The standard InChI is InChI=1S/C5H8N8S/c1-13-10-5(9-11-13)4(7-6)3-2-14-12-8-3/h2,4,7H,6H2,1H3. The molecule has 9 heteroatoms. The third-order valence-electron chi connectivity index (χ3n) is 1.62. The third kappa shape index (κ3) is 1.60. The van der Waals surface area contributed by atoms with E-state index in [-0.39, 0.29) is 6.04 Å². The maximum atomic E-state index is 5.38. The van der Waals surface area contributed by atoms with Crippen molar-refractivity contribution >= 4 is 11.5 Å². The van der Waals surface area contributed by atoms with Crippen LogP contribution in [0, 0.1) is 0 Å². The van der Waals surface area contributed by atoms with Crippen LogP contribution in [-0.2, 0) is 7.05 Å². The number of aromatic nitrogens is 6. The van der Waals surface area contributed by atoms with Gasteiger partial charge in [0.1, 0.15) is 11.7 Å². The molecule has 0 aromatic carbocycles. The molecule has 0 saturated heterocycles. The van der Waals surface area contributed by atoms with E-state index in [0.29, 0.717) is 11.5 Å². The van der Waals surface area contributed by atoms with Crippen LogP contribution >= 0.6 is 11.5 Å². The Labute approximate surface area is 83.3 Å². The summed E-state index contributed by atoms with van der Waals surface area (Å²) in [6.45, 7) is 0. The van der Waals surface area contributed by atoms with E-state index in [4.69, 9.17) is 5.84 Å². The van der Waals surface area contributed by atoms with Gasteiger partial charge >= 0.3 is 0 Å². The molecule has 3 N–H and O–H groups in total. The Hall–Kier alpha value is -1.45. The SMILES string of the molecule is Cn1nnc(C(NN)c2csnn2)n1. The second-order valence-electron chi connectivity index (χ2n) is 2.57. The van der Waals surface area contributed by atoms with E-state index >= 15 is 0 Å². The van der Waals surface area contributed by atoms with Gasteiger partial charge < -0.3 is 0 Å². The van der Waals surface area contributed by atoms with E-state index in [1.54, 1.807) is 12.4 Å². The van der Waals surface area contributed by atoms with Gasteiger partial charge in [-0.15, -0.1) is 15.3 Å². The highest BCUT2D eigenvalue weighted by Crippen LogP contribution is 2.15. The van der Waals surface area contributed by atoms with Crippen LogP contribution in [0.15, 0.2) is 5.38 Å². The van der Waals surface area contributed by atoms with Gasteiger partial charge in [-0.3, -0.25) is 5.84 Å². The number of hydrogen-bond acceptors (Lipinski definition) is 8.